The van der Waals surface area contributed by atoms with Crippen molar-refractivity contribution in [2.45, 2.75) is 30.0 Å². The molecular formula is C20H21NO3S. The Kier molecular flexibility index (Phi) is 4.86. The number of fused-ring (bicyclic) bond motifs is 1. The summed E-state index contributed by atoms with van der Waals surface area (Å²) < 4.78 is 10.5. The van der Waals surface area contributed by atoms with Crippen LogP contribution in [-0.4, -0.2) is 30.6 Å². The molecule has 0 saturated heterocycles. The van der Waals surface area contributed by atoms with Gasteiger partial charge >= 0.3 is 0 Å². The van der Waals surface area contributed by atoms with Crippen LogP contribution in [-0.2, 0) is 0 Å². The van der Waals surface area contributed by atoms with Crippen LogP contribution in [0.5, 0.6) is 11.5 Å². The molecule has 25 heavy (non-hydrogen) atoms. The molecule has 0 spiro atoms. The van der Waals surface area contributed by atoms with Crippen molar-refractivity contribution in [1.82, 2.24) is 0 Å². The Morgan fingerprint density at radius 2 is 1.68 bits per heavy atom. The molecule has 1 aliphatic rings. The van der Waals surface area contributed by atoms with E-state index < -0.39 is 0 Å². The molecule has 0 atom stereocenters. The van der Waals surface area contributed by atoms with Crippen molar-refractivity contribution in [3.8, 4) is 11.5 Å². The molecule has 0 bridgehead atoms. The second-order valence-corrected chi connectivity index (χ2v) is 7.94. The van der Waals surface area contributed by atoms with Gasteiger partial charge in [0.2, 0.25) is 0 Å². The van der Waals surface area contributed by atoms with Gasteiger partial charge in [-0.15, -0.1) is 0 Å². The highest BCUT2D eigenvalue weighted by molar-refractivity contribution is 8.00. The highest BCUT2D eigenvalue weighted by atomic mass is 32.2. The van der Waals surface area contributed by atoms with Gasteiger partial charge in [-0.2, -0.15) is 0 Å². The van der Waals surface area contributed by atoms with Gasteiger partial charge in [-0.1, -0.05) is 11.8 Å². The molecule has 1 heterocycles. The first kappa shape index (κ1) is 17.5. The number of ether oxygens (including phenoxy) is 2. The molecule has 0 amide bonds. The number of rotatable bonds is 5. The van der Waals surface area contributed by atoms with Gasteiger partial charge in [0.25, 0.3) is 0 Å². The molecule has 0 aliphatic carbocycles. The molecule has 4 nitrogen and oxygen atoms in total. The second kappa shape index (κ2) is 6.92. The number of nitrogens with zero attached hydrogens (tertiary/aromatic N) is 1. The standard InChI is InChI=1S/C20H21NO3S/c1-20(2)21-17(16-11-15(24-4)9-10-19(16)25-20)12-18(22)13-5-7-14(23-3)8-6-13/h5-11H,12H2,1-4H3. The number of benzene rings is 2. The van der Waals surface area contributed by atoms with Crippen LogP contribution in [0.15, 0.2) is 52.4 Å². The van der Waals surface area contributed by atoms with E-state index >= 15 is 0 Å². The monoisotopic (exact) mass is 355 g/mol. The fraction of sp³-hybridized carbons (Fsp3) is 0.300. The van der Waals surface area contributed by atoms with Gasteiger partial charge < -0.3 is 9.47 Å². The van der Waals surface area contributed by atoms with Crippen LogP contribution >= 0.6 is 11.8 Å². The Morgan fingerprint density at radius 1 is 1.04 bits per heavy atom. The second-order valence-electron chi connectivity index (χ2n) is 6.30. The topological polar surface area (TPSA) is 47.9 Å². The van der Waals surface area contributed by atoms with Gasteiger partial charge in [-0.05, 0) is 56.3 Å². The third kappa shape index (κ3) is 3.87. The highest BCUT2D eigenvalue weighted by Gasteiger charge is 2.29. The Hall–Kier alpha value is -2.27. The minimum atomic E-state index is -0.295. The van der Waals surface area contributed by atoms with E-state index in [0.717, 1.165) is 27.7 Å². The van der Waals surface area contributed by atoms with Crippen LogP contribution in [0.25, 0.3) is 0 Å². The van der Waals surface area contributed by atoms with E-state index in [9.17, 15) is 4.79 Å². The number of aliphatic imine (C=N–C) groups is 1. The lowest BCUT2D eigenvalue weighted by atomic mass is 9.99. The van der Waals surface area contributed by atoms with Gasteiger partial charge in [0.15, 0.2) is 5.78 Å². The van der Waals surface area contributed by atoms with E-state index in [1.807, 2.05) is 18.2 Å². The quantitative estimate of drug-likeness (QED) is 0.735. The van der Waals surface area contributed by atoms with Gasteiger partial charge in [0.05, 0.1) is 26.4 Å². The number of carbonyl (C=O) groups is 1. The molecule has 1 aliphatic heterocycles. The van der Waals surface area contributed by atoms with Gasteiger partial charge in [0.1, 0.15) is 16.4 Å². The van der Waals surface area contributed by atoms with E-state index in [2.05, 4.69) is 13.8 Å². The van der Waals surface area contributed by atoms with Crippen LogP contribution in [0, 0.1) is 0 Å². The number of carbonyl (C=O) groups excluding carboxylic acids is 1. The average molecular weight is 355 g/mol. The lowest BCUT2D eigenvalue weighted by Gasteiger charge is -2.28. The molecule has 0 N–H and O–H groups in total. The van der Waals surface area contributed by atoms with Crippen molar-refractivity contribution in [3.05, 3.63) is 53.6 Å². The van der Waals surface area contributed by atoms with Crippen LogP contribution in [0.1, 0.15) is 36.2 Å². The van der Waals surface area contributed by atoms with Crippen molar-refractivity contribution in [1.29, 1.82) is 0 Å². The van der Waals surface area contributed by atoms with E-state index in [4.69, 9.17) is 14.5 Å². The molecule has 0 aromatic heterocycles. The number of hydrogen-bond donors (Lipinski definition) is 0. The van der Waals surface area contributed by atoms with Crippen LogP contribution < -0.4 is 9.47 Å². The van der Waals surface area contributed by atoms with E-state index in [-0.39, 0.29) is 17.1 Å². The lowest BCUT2D eigenvalue weighted by Crippen LogP contribution is -2.23. The van der Waals surface area contributed by atoms with Crippen LogP contribution in [0.2, 0.25) is 0 Å². The molecule has 2 aromatic rings. The van der Waals surface area contributed by atoms with Crippen LogP contribution in [0.3, 0.4) is 0 Å². The smallest absolute Gasteiger partial charge is 0.168 e. The summed E-state index contributed by atoms with van der Waals surface area (Å²) in [4.78, 5) is 18.4. The Balaban J connectivity index is 1.91. The summed E-state index contributed by atoms with van der Waals surface area (Å²) in [5.41, 5.74) is 2.44. The van der Waals surface area contributed by atoms with Crippen molar-refractivity contribution >= 4 is 23.3 Å². The first-order valence-electron chi connectivity index (χ1n) is 8.05. The average Bonchev–Trinajstić information content (AvgIpc) is 2.60. The fourth-order valence-electron chi connectivity index (χ4n) is 2.79. The zero-order valence-corrected chi connectivity index (χ0v) is 15.6. The SMILES string of the molecule is COc1ccc(C(=O)CC2=NC(C)(C)Sc3ccc(OC)cc32)cc1. The van der Waals surface area contributed by atoms with Crippen molar-refractivity contribution in [2.24, 2.45) is 4.99 Å². The molecule has 0 saturated carbocycles. The third-order valence-corrected chi connectivity index (χ3v) is 5.17. The number of methoxy groups -OCH3 is 2. The first-order chi connectivity index (χ1) is 11.9. The molecule has 0 radical (unpaired) electrons. The third-order valence-electron chi connectivity index (χ3n) is 4.00. The van der Waals surface area contributed by atoms with Crippen molar-refractivity contribution < 1.29 is 14.3 Å². The summed E-state index contributed by atoms with van der Waals surface area (Å²) in [5.74, 6) is 1.54. The maximum atomic E-state index is 12.7. The predicted molar refractivity (Wildman–Crippen MR) is 101 cm³/mol. The summed E-state index contributed by atoms with van der Waals surface area (Å²) in [6.07, 6.45) is 0.260. The molecule has 0 fully saturated rings. The zero-order valence-electron chi connectivity index (χ0n) is 14.8. The van der Waals surface area contributed by atoms with E-state index in [1.54, 1.807) is 50.2 Å². The summed E-state index contributed by atoms with van der Waals surface area (Å²) in [6, 6.07) is 13.1. The number of ketones is 1. The highest BCUT2D eigenvalue weighted by Crippen LogP contribution is 2.42. The maximum Gasteiger partial charge on any atom is 0.168 e. The Morgan fingerprint density at radius 3 is 2.32 bits per heavy atom. The minimum absolute atomic E-state index is 0.0397. The Labute approximate surface area is 152 Å². The number of Topliss-reactive ketones (excluding diaryl/α,β-unsaturated/α-hetero) is 1. The van der Waals surface area contributed by atoms with Gasteiger partial charge in [-0.25, -0.2) is 0 Å². The van der Waals surface area contributed by atoms with Crippen LogP contribution in [0.4, 0.5) is 0 Å². The Bertz CT molecular complexity index is 825. The number of thioether (sulfide) groups is 1. The molecule has 3 rings (SSSR count). The molecule has 0 unspecified atom stereocenters. The van der Waals surface area contributed by atoms with Gasteiger partial charge in [-0.3, -0.25) is 9.79 Å². The minimum Gasteiger partial charge on any atom is -0.497 e. The largest absolute Gasteiger partial charge is 0.497 e. The zero-order chi connectivity index (χ0) is 18.0. The summed E-state index contributed by atoms with van der Waals surface area (Å²) in [6.45, 7) is 4.12. The predicted octanol–water partition coefficient (Wildman–Crippen LogP) is 4.61. The summed E-state index contributed by atoms with van der Waals surface area (Å²) in [7, 11) is 3.25. The summed E-state index contributed by atoms with van der Waals surface area (Å²) >= 11 is 1.69. The normalized spacial score (nSPS) is 15.1. The maximum absolute atomic E-state index is 12.7. The fourth-order valence-corrected chi connectivity index (χ4v) is 3.91. The van der Waals surface area contributed by atoms with Crippen molar-refractivity contribution in [3.63, 3.8) is 0 Å². The molecule has 5 heteroatoms. The van der Waals surface area contributed by atoms with Crippen molar-refractivity contribution in [2.75, 3.05) is 14.2 Å². The lowest BCUT2D eigenvalue weighted by molar-refractivity contribution is 0.100. The summed E-state index contributed by atoms with van der Waals surface area (Å²) in [5, 5.41) is 0. The first-order valence-corrected chi connectivity index (χ1v) is 8.87. The van der Waals surface area contributed by atoms with Gasteiger partial charge in [0, 0.05) is 16.0 Å². The molecule has 130 valence electrons. The van der Waals surface area contributed by atoms with E-state index in [1.165, 1.54) is 0 Å². The molecular weight excluding hydrogens is 334 g/mol. The van der Waals surface area contributed by atoms with E-state index in [0.29, 0.717) is 5.56 Å². The molecule has 2 aromatic carbocycles. The number of hydrogen-bond acceptors (Lipinski definition) is 5.